The molecule has 0 radical (unpaired) electrons. The number of sulfonamides is 1. The Morgan fingerprint density at radius 1 is 1.42 bits per heavy atom. The number of carbonyl (C=O) groups is 1. The Bertz CT molecular complexity index is 563. The summed E-state index contributed by atoms with van der Waals surface area (Å²) in [6, 6.07) is 2.18. The van der Waals surface area contributed by atoms with Gasteiger partial charge in [0.2, 0.25) is 10.9 Å². The van der Waals surface area contributed by atoms with Crippen LogP contribution in [0.2, 0.25) is 0 Å². The standard InChI is InChI=1S/C11H15NO6S/c13-8-3-1-2-7(8)6-12-19(16,17)10-5-4-9(18-10)11(14)15/h4-5,7-8,12-13H,1-3,6H2,(H,14,15). The number of hydrogen-bond donors (Lipinski definition) is 3. The summed E-state index contributed by atoms with van der Waals surface area (Å²) < 4.78 is 30.8. The normalized spacial score (nSPS) is 23.6. The van der Waals surface area contributed by atoms with Crippen molar-refractivity contribution >= 4 is 16.0 Å². The first-order chi connectivity index (χ1) is 8.90. The van der Waals surface area contributed by atoms with Crippen LogP contribution in [0.15, 0.2) is 21.6 Å². The van der Waals surface area contributed by atoms with E-state index < -0.39 is 32.9 Å². The lowest BCUT2D eigenvalue weighted by molar-refractivity contribution is 0.0656. The number of nitrogens with one attached hydrogen (secondary N) is 1. The fraction of sp³-hybridized carbons (Fsp3) is 0.545. The van der Waals surface area contributed by atoms with Gasteiger partial charge in [-0.15, -0.1) is 0 Å². The molecule has 3 N–H and O–H groups in total. The molecule has 0 bridgehead atoms. The fourth-order valence-electron chi connectivity index (χ4n) is 2.12. The van der Waals surface area contributed by atoms with Gasteiger partial charge in [0.15, 0.2) is 0 Å². The molecule has 1 heterocycles. The number of furan rings is 1. The maximum Gasteiger partial charge on any atom is 0.371 e. The van der Waals surface area contributed by atoms with Crippen molar-refractivity contribution in [2.45, 2.75) is 30.5 Å². The van der Waals surface area contributed by atoms with E-state index >= 15 is 0 Å². The van der Waals surface area contributed by atoms with Crippen LogP contribution in [-0.4, -0.2) is 37.2 Å². The highest BCUT2D eigenvalue weighted by Gasteiger charge is 2.28. The van der Waals surface area contributed by atoms with E-state index in [-0.39, 0.29) is 12.5 Å². The van der Waals surface area contributed by atoms with Crippen LogP contribution < -0.4 is 4.72 Å². The Morgan fingerprint density at radius 3 is 2.68 bits per heavy atom. The van der Waals surface area contributed by atoms with Crippen molar-refractivity contribution in [1.82, 2.24) is 4.72 Å². The maximum atomic E-state index is 11.9. The lowest BCUT2D eigenvalue weighted by Crippen LogP contribution is -2.32. The Balaban J connectivity index is 2.03. The molecule has 0 aromatic carbocycles. The van der Waals surface area contributed by atoms with Crippen molar-refractivity contribution in [2.24, 2.45) is 5.92 Å². The van der Waals surface area contributed by atoms with Crippen LogP contribution in [0.1, 0.15) is 29.8 Å². The van der Waals surface area contributed by atoms with Crippen molar-refractivity contribution in [3.63, 3.8) is 0 Å². The van der Waals surface area contributed by atoms with Gasteiger partial charge in [0, 0.05) is 6.54 Å². The third-order valence-corrected chi connectivity index (χ3v) is 4.51. The highest BCUT2D eigenvalue weighted by molar-refractivity contribution is 7.89. The maximum absolute atomic E-state index is 11.9. The molecule has 1 fully saturated rings. The van der Waals surface area contributed by atoms with E-state index in [1.807, 2.05) is 0 Å². The molecular formula is C11H15NO6S. The third-order valence-electron chi connectivity index (χ3n) is 3.21. The number of rotatable bonds is 5. The molecule has 1 saturated carbocycles. The van der Waals surface area contributed by atoms with Crippen LogP contribution in [0.5, 0.6) is 0 Å². The van der Waals surface area contributed by atoms with Gasteiger partial charge in [0.05, 0.1) is 6.10 Å². The molecular weight excluding hydrogens is 274 g/mol. The Labute approximate surface area is 110 Å². The molecule has 0 spiro atoms. The van der Waals surface area contributed by atoms with E-state index in [9.17, 15) is 18.3 Å². The quantitative estimate of drug-likeness (QED) is 0.723. The van der Waals surface area contributed by atoms with Crippen molar-refractivity contribution in [2.75, 3.05) is 6.54 Å². The van der Waals surface area contributed by atoms with Gasteiger partial charge in [-0.1, -0.05) is 6.42 Å². The summed E-state index contributed by atoms with van der Waals surface area (Å²) in [5, 5.41) is 17.8. The van der Waals surface area contributed by atoms with E-state index in [0.717, 1.165) is 25.0 Å². The summed E-state index contributed by atoms with van der Waals surface area (Å²) in [7, 11) is -3.87. The van der Waals surface area contributed by atoms with E-state index in [0.29, 0.717) is 6.42 Å². The van der Waals surface area contributed by atoms with E-state index in [1.165, 1.54) is 0 Å². The molecule has 1 aromatic heterocycles. The molecule has 1 aromatic rings. The average molecular weight is 289 g/mol. The lowest BCUT2D eigenvalue weighted by Gasteiger charge is -2.14. The van der Waals surface area contributed by atoms with Gasteiger partial charge in [-0.3, -0.25) is 0 Å². The van der Waals surface area contributed by atoms with Gasteiger partial charge in [-0.25, -0.2) is 17.9 Å². The Kier molecular flexibility index (Phi) is 3.93. The van der Waals surface area contributed by atoms with Gasteiger partial charge in [0.25, 0.3) is 10.0 Å². The van der Waals surface area contributed by atoms with E-state index in [2.05, 4.69) is 4.72 Å². The monoisotopic (exact) mass is 289 g/mol. The largest absolute Gasteiger partial charge is 0.475 e. The predicted molar refractivity (Wildman–Crippen MR) is 64.2 cm³/mol. The molecule has 0 saturated heterocycles. The van der Waals surface area contributed by atoms with Crippen molar-refractivity contribution in [3.05, 3.63) is 17.9 Å². The minimum atomic E-state index is -3.87. The summed E-state index contributed by atoms with van der Waals surface area (Å²) >= 11 is 0. The zero-order valence-electron chi connectivity index (χ0n) is 10.1. The third kappa shape index (κ3) is 3.14. The lowest BCUT2D eigenvalue weighted by atomic mass is 10.1. The molecule has 1 aliphatic carbocycles. The molecule has 106 valence electrons. The van der Waals surface area contributed by atoms with Crippen LogP contribution in [0, 0.1) is 5.92 Å². The van der Waals surface area contributed by atoms with Gasteiger partial charge in [0.1, 0.15) is 0 Å². The number of carboxylic acid groups (broad SMARTS) is 1. The molecule has 2 atom stereocenters. The van der Waals surface area contributed by atoms with Crippen LogP contribution >= 0.6 is 0 Å². The Hall–Kier alpha value is -1.38. The van der Waals surface area contributed by atoms with Gasteiger partial charge >= 0.3 is 5.97 Å². The average Bonchev–Trinajstić information content (AvgIpc) is 2.95. The molecule has 19 heavy (non-hydrogen) atoms. The number of hydrogen-bond acceptors (Lipinski definition) is 5. The minimum Gasteiger partial charge on any atom is -0.475 e. The van der Waals surface area contributed by atoms with Crippen LogP contribution in [-0.2, 0) is 10.0 Å². The summed E-state index contributed by atoms with van der Waals surface area (Å²) in [6.07, 6.45) is 1.82. The second-order valence-electron chi connectivity index (χ2n) is 4.53. The molecule has 1 aliphatic rings. The first-order valence-electron chi connectivity index (χ1n) is 5.91. The molecule has 2 unspecified atom stereocenters. The molecule has 7 nitrogen and oxygen atoms in total. The first kappa shape index (κ1) is 14.0. The van der Waals surface area contributed by atoms with Crippen molar-refractivity contribution in [3.8, 4) is 0 Å². The predicted octanol–water partition coefficient (Wildman–Crippen LogP) is 0.417. The summed E-state index contributed by atoms with van der Waals surface area (Å²) in [6.45, 7) is 0.118. The van der Waals surface area contributed by atoms with Gasteiger partial charge < -0.3 is 14.6 Å². The zero-order chi connectivity index (χ0) is 14.0. The first-order valence-corrected chi connectivity index (χ1v) is 7.39. The second-order valence-corrected chi connectivity index (χ2v) is 6.23. The molecule has 2 rings (SSSR count). The summed E-state index contributed by atoms with van der Waals surface area (Å²) in [5.41, 5.74) is 0. The van der Waals surface area contributed by atoms with Crippen LogP contribution in [0.4, 0.5) is 0 Å². The molecule has 0 aliphatic heterocycles. The summed E-state index contributed by atoms with van der Waals surface area (Å²) in [5.74, 6) is -1.86. The molecule has 8 heteroatoms. The number of aliphatic hydroxyl groups is 1. The SMILES string of the molecule is O=C(O)c1ccc(S(=O)(=O)NCC2CCCC2O)o1. The van der Waals surface area contributed by atoms with Crippen molar-refractivity contribution < 1.29 is 27.8 Å². The van der Waals surface area contributed by atoms with Crippen LogP contribution in [0.3, 0.4) is 0 Å². The smallest absolute Gasteiger partial charge is 0.371 e. The van der Waals surface area contributed by atoms with Crippen molar-refractivity contribution in [1.29, 1.82) is 0 Å². The number of aromatic carboxylic acids is 1. The van der Waals surface area contributed by atoms with E-state index in [4.69, 9.17) is 9.52 Å². The number of carboxylic acids is 1. The van der Waals surface area contributed by atoms with Gasteiger partial charge in [-0.05, 0) is 30.9 Å². The van der Waals surface area contributed by atoms with Gasteiger partial charge in [-0.2, -0.15) is 0 Å². The number of aliphatic hydroxyl groups excluding tert-OH is 1. The highest BCUT2D eigenvalue weighted by Crippen LogP contribution is 2.25. The Morgan fingerprint density at radius 2 is 2.16 bits per heavy atom. The summed E-state index contributed by atoms with van der Waals surface area (Å²) in [4.78, 5) is 10.6. The topological polar surface area (TPSA) is 117 Å². The zero-order valence-corrected chi connectivity index (χ0v) is 10.9. The van der Waals surface area contributed by atoms with E-state index in [1.54, 1.807) is 0 Å². The highest BCUT2D eigenvalue weighted by atomic mass is 32.2. The van der Waals surface area contributed by atoms with Crippen LogP contribution in [0.25, 0.3) is 0 Å². The minimum absolute atomic E-state index is 0.108. The fourth-order valence-corrected chi connectivity index (χ4v) is 3.15. The molecule has 0 amide bonds. The second kappa shape index (κ2) is 5.32.